The molecular formula is C43H44F2N8O7. The van der Waals surface area contributed by atoms with Crippen LogP contribution in [-0.2, 0) is 20.9 Å². The first-order valence-corrected chi connectivity index (χ1v) is 20.5. The Kier molecular flexibility index (Phi) is 9.45. The smallest absolute Gasteiger partial charge is 0.413 e. The van der Waals surface area contributed by atoms with Gasteiger partial charge in [0.25, 0.3) is 5.91 Å². The zero-order valence-electron chi connectivity index (χ0n) is 33.0. The van der Waals surface area contributed by atoms with Crippen LogP contribution in [0.3, 0.4) is 0 Å². The van der Waals surface area contributed by atoms with Gasteiger partial charge in [0.15, 0.2) is 11.6 Å². The highest BCUT2D eigenvalue weighted by Crippen LogP contribution is 2.51. The van der Waals surface area contributed by atoms with Crippen LogP contribution in [0.25, 0.3) is 21.9 Å². The van der Waals surface area contributed by atoms with E-state index >= 15 is 8.78 Å². The molecule has 7 heterocycles. The Balaban J connectivity index is 0.689. The number of carbonyl (C=O) groups excluding carboxylic acids is 4. The molecule has 15 nitrogen and oxygen atoms in total. The predicted octanol–water partition coefficient (Wildman–Crippen LogP) is 5.08. The fourth-order valence-electron chi connectivity index (χ4n) is 9.89. The van der Waals surface area contributed by atoms with Crippen LogP contribution < -0.4 is 30.3 Å². The molecular weight excluding hydrogens is 779 g/mol. The van der Waals surface area contributed by atoms with Gasteiger partial charge in [-0.15, -0.1) is 0 Å². The van der Waals surface area contributed by atoms with E-state index < -0.39 is 29.7 Å². The summed E-state index contributed by atoms with van der Waals surface area (Å²) in [6.07, 6.45) is 6.28. The maximum absolute atomic E-state index is 15.8. The number of hydrogen-bond donors (Lipinski definition) is 3. The molecule has 5 aliphatic heterocycles. The number of anilines is 3. The van der Waals surface area contributed by atoms with Gasteiger partial charge in [-0.3, -0.25) is 25.0 Å². The number of likely N-dealkylation sites (tertiary alicyclic amines) is 1. The number of carbonyl (C=O) groups is 4. The van der Waals surface area contributed by atoms with E-state index in [-0.39, 0.29) is 59.7 Å². The molecule has 60 heavy (non-hydrogen) atoms. The van der Waals surface area contributed by atoms with Crippen molar-refractivity contribution in [1.29, 1.82) is 0 Å². The molecule has 6 aliphatic rings. The molecule has 1 spiro atoms. The van der Waals surface area contributed by atoms with Gasteiger partial charge < -0.3 is 34.2 Å². The maximum atomic E-state index is 15.8. The number of piperidine rings is 2. The minimum absolute atomic E-state index is 0.0104. The van der Waals surface area contributed by atoms with Crippen molar-refractivity contribution >= 4 is 51.8 Å². The van der Waals surface area contributed by atoms with Crippen LogP contribution in [-0.4, -0.2) is 109 Å². The lowest BCUT2D eigenvalue weighted by molar-refractivity contribution is -0.136. The third kappa shape index (κ3) is 6.77. The molecule has 1 atom stereocenters. The number of nitrogens with one attached hydrogen (secondary N) is 3. The number of aromatic nitrogens is 2. The lowest BCUT2D eigenvalue weighted by Gasteiger charge is -2.52. The minimum atomic E-state index is -0.782. The third-order valence-corrected chi connectivity index (χ3v) is 13.1. The average molecular weight is 823 g/mol. The molecule has 10 rings (SSSR count). The van der Waals surface area contributed by atoms with E-state index in [1.165, 1.54) is 30.5 Å². The van der Waals surface area contributed by atoms with E-state index in [4.69, 9.17) is 14.2 Å². The highest BCUT2D eigenvalue weighted by molar-refractivity contribution is 6.05. The molecule has 0 radical (unpaired) electrons. The summed E-state index contributed by atoms with van der Waals surface area (Å²) in [5.74, 6) is -0.636. The van der Waals surface area contributed by atoms with Gasteiger partial charge in [-0.25, -0.2) is 23.5 Å². The Morgan fingerprint density at radius 2 is 1.83 bits per heavy atom. The monoisotopic (exact) mass is 822 g/mol. The van der Waals surface area contributed by atoms with E-state index in [0.717, 1.165) is 45.3 Å². The SMILES string of the molecule is COc1c(-c2cc3cc(NC(=O)OC4CC5(CCN(CC6CN(c7ccc8c(c7F)CN(C7CCC(=O)NC7=O)C8=O)C6)CC5)C4)ncc3cc2F)cnc2c1NCCO2. The number of benzene rings is 2. The predicted molar refractivity (Wildman–Crippen MR) is 215 cm³/mol. The molecule has 4 fully saturated rings. The van der Waals surface area contributed by atoms with Crippen molar-refractivity contribution in [3.8, 4) is 22.8 Å². The molecule has 2 aromatic heterocycles. The zero-order chi connectivity index (χ0) is 41.3. The fourth-order valence-corrected chi connectivity index (χ4v) is 9.89. The normalized spacial score (nSPS) is 21.4. The van der Waals surface area contributed by atoms with Crippen molar-refractivity contribution in [2.75, 3.05) is 68.5 Å². The van der Waals surface area contributed by atoms with E-state index in [1.807, 2.05) is 4.90 Å². The molecule has 1 saturated carbocycles. The van der Waals surface area contributed by atoms with Gasteiger partial charge in [-0.05, 0) is 86.3 Å². The second-order valence-corrected chi connectivity index (χ2v) is 16.9. The van der Waals surface area contributed by atoms with Gasteiger partial charge in [-0.1, -0.05) is 0 Å². The molecule has 2 aromatic carbocycles. The summed E-state index contributed by atoms with van der Waals surface area (Å²) >= 11 is 0. The van der Waals surface area contributed by atoms with Crippen LogP contribution in [0.4, 0.5) is 30.8 Å². The zero-order valence-corrected chi connectivity index (χ0v) is 33.0. The topological polar surface area (TPSA) is 168 Å². The van der Waals surface area contributed by atoms with Crippen LogP contribution in [0.15, 0.2) is 42.7 Å². The highest BCUT2D eigenvalue weighted by atomic mass is 19.1. The number of fused-ring (bicyclic) bond motifs is 3. The van der Waals surface area contributed by atoms with Gasteiger partial charge in [0.2, 0.25) is 17.7 Å². The van der Waals surface area contributed by atoms with Crippen LogP contribution in [0.1, 0.15) is 54.4 Å². The molecule has 1 aliphatic carbocycles. The van der Waals surface area contributed by atoms with Crippen LogP contribution >= 0.6 is 0 Å². The van der Waals surface area contributed by atoms with Crippen LogP contribution in [0.5, 0.6) is 11.6 Å². The first-order chi connectivity index (χ1) is 29.0. The van der Waals surface area contributed by atoms with E-state index in [9.17, 15) is 19.2 Å². The first kappa shape index (κ1) is 38.1. The Bertz CT molecular complexity index is 2450. The van der Waals surface area contributed by atoms with Gasteiger partial charge in [0, 0.05) is 78.6 Å². The number of amides is 4. The Morgan fingerprint density at radius 1 is 1.02 bits per heavy atom. The number of rotatable bonds is 8. The number of ether oxygens (including phenoxy) is 3. The van der Waals surface area contributed by atoms with Crippen molar-refractivity contribution in [2.24, 2.45) is 11.3 Å². The van der Waals surface area contributed by atoms with E-state index in [2.05, 4.69) is 30.8 Å². The number of pyridine rings is 2. The average Bonchev–Trinajstić information content (AvgIpc) is 3.55. The lowest BCUT2D eigenvalue weighted by atomic mass is 9.61. The fraction of sp³-hybridized carbons (Fsp3) is 0.442. The standard InChI is InChI=1S/C43H44F2N8O7/c1-58-38-29(18-48-40-37(38)46-8-11-59-40)28-12-24-14-34(47-17-25(24)13-31(28)44)49-42(57)60-26-15-43(16-26)6-9-51(10-7-43)19-23-20-52(21-23)32-3-2-27-30(36(32)45)22-53(41(27)56)33-4-5-35(54)50-39(33)55/h2-3,12-14,17-18,23,26,33,46H,4-11,15-16,19-22H2,1H3,(H,47,49,57)(H,50,54,55). The molecule has 3 saturated heterocycles. The van der Waals surface area contributed by atoms with Crippen molar-refractivity contribution in [1.82, 2.24) is 25.1 Å². The summed E-state index contributed by atoms with van der Waals surface area (Å²) in [6.45, 7) is 5.29. The molecule has 312 valence electrons. The summed E-state index contributed by atoms with van der Waals surface area (Å²) in [6, 6.07) is 7.29. The molecule has 17 heteroatoms. The van der Waals surface area contributed by atoms with Gasteiger partial charge in [0.1, 0.15) is 36.1 Å². The summed E-state index contributed by atoms with van der Waals surface area (Å²) in [5.41, 5.74) is 2.52. The highest BCUT2D eigenvalue weighted by Gasteiger charge is 2.48. The van der Waals surface area contributed by atoms with Gasteiger partial charge >= 0.3 is 6.09 Å². The van der Waals surface area contributed by atoms with Crippen LogP contribution in [0.2, 0.25) is 0 Å². The quantitative estimate of drug-likeness (QED) is 0.202. The Labute approximate surface area is 343 Å². The third-order valence-electron chi connectivity index (χ3n) is 13.1. The molecule has 0 bridgehead atoms. The van der Waals surface area contributed by atoms with Crippen molar-refractivity contribution < 1.29 is 42.2 Å². The largest absolute Gasteiger partial charge is 0.494 e. The summed E-state index contributed by atoms with van der Waals surface area (Å²) in [7, 11) is 1.51. The maximum Gasteiger partial charge on any atom is 0.413 e. The van der Waals surface area contributed by atoms with E-state index in [1.54, 1.807) is 24.3 Å². The minimum Gasteiger partial charge on any atom is -0.494 e. The van der Waals surface area contributed by atoms with E-state index in [0.29, 0.717) is 77.1 Å². The van der Waals surface area contributed by atoms with Crippen molar-refractivity contribution in [3.05, 3.63) is 65.5 Å². The first-order valence-electron chi connectivity index (χ1n) is 20.5. The molecule has 4 amide bonds. The second kappa shape index (κ2) is 14.9. The van der Waals surface area contributed by atoms with Crippen molar-refractivity contribution in [3.63, 3.8) is 0 Å². The number of halogens is 2. The number of nitrogens with zero attached hydrogens (tertiary/aromatic N) is 5. The van der Waals surface area contributed by atoms with Gasteiger partial charge in [-0.2, -0.15) is 0 Å². The van der Waals surface area contributed by atoms with Crippen LogP contribution in [0, 0.1) is 23.0 Å². The summed E-state index contributed by atoms with van der Waals surface area (Å²) in [4.78, 5) is 64.6. The van der Waals surface area contributed by atoms with Gasteiger partial charge in [0.05, 0.1) is 19.3 Å². The Hall–Kier alpha value is -6.10. The number of hydrogen-bond acceptors (Lipinski definition) is 12. The Morgan fingerprint density at radius 3 is 2.62 bits per heavy atom. The number of methoxy groups -OCH3 is 1. The molecule has 4 aromatic rings. The second-order valence-electron chi connectivity index (χ2n) is 16.9. The number of imide groups is 1. The summed E-state index contributed by atoms with van der Waals surface area (Å²) < 4.78 is 48.3. The molecule has 3 N–H and O–H groups in total. The lowest BCUT2D eigenvalue weighted by Crippen LogP contribution is -2.55. The summed E-state index contributed by atoms with van der Waals surface area (Å²) in [5, 5.41) is 9.48. The molecule has 1 unspecified atom stereocenters. The van der Waals surface area contributed by atoms with Crippen molar-refractivity contribution in [2.45, 2.75) is 57.2 Å².